The number of aliphatic hydroxyl groups excluding tert-OH is 3. The molecule has 120 valence electrons. The van der Waals surface area contributed by atoms with Gasteiger partial charge in [-0.1, -0.05) is 0 Å². The summed E-state index contributed by atoms with van der Waals surface area (Å²) in [5, 5.41) is 33.8. The van der Waals surface area contributed by atoms with E-state index in [9.17, 15) is 19.8 Å². The SMILES string of the molecule is CNC/C(=C/N(C=O)C1OC(CO)C(O)C1O)C(=O)NC. The van der Waals surface area contributed by atoms with Gasteiger partial charge in [-0.05, 0) is 7.05 Å². The lowest BCUT2D eigenvalue weighted by atomic mass is 10.1. The largest absolute Gasteiger partial charge is 0.394 e. The van der Waals surface area contributed by atoms with Crippen molar-refractivity contribution < 1.29 is 29.6 Å². The summed E-state index contributed by atoms with van der Waals surface area (Å²) in [5.41, 5.74) is 0.241. The maximum absolute atomic E-state index is 11.7. The van der Waals surface area contributed by atoms with Crippen LogP contribution in [-0.4, -0.2) is 84.3 Å². The second kappa shape index (κ2) is 8.05. The molecule has 5 N–H and O–H groups in total. The molecule has 0 aliphatic carbocycles. The average Bonchev–Trinajstić information content (AvgIpc) is 2.78. The summed E-state index contributed by atoms with van der Waals surface area (Å²) in [5.74, 6) is -0.400. The van der Waals surface area contributed by atoms with E-state index in [1.54, 1.807) is 7.05 Å². The second-order valence-corrected chi connectivity index (χ2v) is 4.55. The molecule has 0 aromatic heterocycles. The molecule has 9 nitrogen and oxygen atoms in total. The molecule has 9 heteroatoms. The molecule has 4 atom stereocenters. The second-order valence-electron chi connectivity index (χ2n) is 4.55. The van der Waals surface area contributed by atoms with Crippen molar-refractivity contribution in [1.29, 1.82) is 0 Å². The van der Waals surface area contributed by atoms with E-state index in [1.807, 2.05) is 0 Å². The lowest BCUT2D eigenvalue weighted by molar-refractivity contribution is -0.133. The molecule has 0 saturated carbocycles. The number of ether oxygens (including phenoxy) is 1. The third-order valence-corrected chi connectivity index (χ3v) is 3.12. The molecule has 1 aliphatic heterocycles. The van der Waals surface area contributed by atoms with Crippen LogP contribution in [0.25, 0.3) is 0 Å². The Morgan fingerprint density at radius 1 is 1.33 bits per heavy atom. The molecule has 0 bridgehead atoms. The van der Waals surface area contributed by atoms with E-state index in [0.29, 0.717) is 6.41 Å². The zero-order valence-corrected chi connectivity index (χ0v) is 11.9. The number of carbonyl (C=O) groups excluding carboxylic acids is 2. The summed E-state index contributed by atoms with van der Waals surface area (Å²) < 4.78 is 5.23. The van der Waals surface area contributed by atoms with Crippen molar-refractivity contribution in [3.63, 3.8) is 0 Å². The predicted molar refractivity (Wildman–Crippen MR) is 71.7 cm³/mol. The minimum Gasteiger partial charge on any atom is -0.394 e. The summed E-state index contributed by atoms with van der Waals surface area (Å²) in [4.78, 5) is 23.8. The van der Waals surface area contributed by atoms with Crippen LogP contribution < -0.4 is 10.6 Å². The first kappa shape index (κ1) is 17.5. The molecular weight excluding hydrogens is 282 g/mol. The van der Waals surface area contributed by atoms with Gasteiger partial charge in [-0.25, -0.2) is 0 Å². The van der Waals surface area contributed by atoms with Crippen LogP contribution in [0.2, 0.25) is 0 Å². The van der Waals surface area contributed by atoms with E-state index in [-0.39, 0.29) is 12.1 Å². The molecular formula is C12H21N3O6. The highest BCUT2D eigenvalue weighted by molar-refractivity contribution is 5.93. The van der Waals surface area contributed by atoms with Crippen LogP contribution in [0.5, 0.6) is 0 Å². The van der Waals surface area contributed by atoms with E-state index in [4.69, 9.17) is 9.84 Å². The highest BCUT2D eigenvalue weighted by atomic mass is 16.6. The fourth-order valence-electron chi connectivity index (χ4n) is 2.01. The van der Waals surface area contributed by atoms with Gasteiger partial charge >= 0.3 is 0 Å². The first-order chi connectivity index (χ1) is 9.99. The molecule has 1 rings (SSSR count). The van der Waals surface area contributed by atoms with Crippen molar-refractivity contribution in [2.24, 2.45) is 0 Å². The Balaban J connectivity index is 2.96. The van der Waals surface area contributed by atoms with E-state index in [1.165, 1.54) is 13.2 Å². The standard InChI is InChI=1S/C12H21N3O6/c1-13-3-7(11(20)14-2)4-15(6-17)12-10(19)9(18)8(5-16)21-12/h4,6,8-10,12-13,16,18-19H,3,5H2,1-2H3,(H,14,20)/b7-4-. The van der Waals surface area contributed by atoms with Crippen molar-refractivity contribution in [3.8, 4) is 0 Å². The van der Waals surface area contributed by atoms with Gasteiger partial charge in [-0.15, -0.1) is 0 Å². The summed E-state index contributed by atoms with van der Waals surface area (Å²) in [7, 11) is 3.08. The van der Waals surface area contributed by atoms with Crippen LogP contribution >= 0.6 is 0 Å². The summed E-state index contributed by atoms with van der Waals surface area (Å²) >= 11 is 0. The summed E-state index contributed by atoms with van der Waals surface area (Å²) in [6.07, 6.45) is -3.27. The molecule has 21 heavy (non-hydrogen) atoms. The highest BCUT2D eigenvalue weighted by Crippen LogP contribution is 2.23. The van der Waals surface area contributed by atoms with Crippen LogP contribution in [0.3, 0.4) is 0 Å². The molecule has 1 fully saturated rings. The van der Waals surface area contributed by atoms with Gasteiger partial charge in [-0.3, -0.25) is 14.5 Å². The minimum atomic E-state index is -1.39. The van der Waals surface area contributed by atoms with Gasteiger partial charge in [-0.2, -0.15) is 0 Å². The van der Waals surface area contributed by atoms with Gasteiger partial charge in [0, 0.05) is 25.4 Å². The van der Waals surface area contributed by atoms with Gasteiger partial charge in [0.25, 0.3) is 0 Å². The fraction of sp³-hybridized carbons (Fsp3) is 0.667. The number of nitrogens with zero attached hydrogens (tertiary/aromatic N) is 1. The summed E-state index contributed by atoms with van der Waals surface area (Å²) in [6.45, 7) is -0.303. The number of amides is 2. The number of rotatable bonds is 7. The number of hydrogen-bond acceptors (Lipinski definition) is 7. The molecule has 2 amide bonds. The number of likely N-dealkylation sites (N-methyl/N-ethyl adjacent to an activating group) is 2. The van der Waals surface area contributed by atoms with Gasteiger partial charge in [0.15, 0.2) is 6.23 Å². The Kier molecular flexibility index (Phi) is 6.72. The van der Waals surface area contributed by atoms with Crippen LogP contribution in [0.1, 0.15) is 0 Å². The van der Waals surface area contributed by atoms with Gasteiger partial charge in [0.1, 0.15) is 18.3 Å². The van der Waals surface area contributed by atoms with Gasteiger partial charge < -0.3 is 30.7 Å². The molecule has 4 unspecified atom stereocenters. The predicted octanol–water partition coefficient (Wildman–Crippen LogP) is -3.27. The number of aliphatic hydroxyl groups is 3. The average molecular weight is 303 g/mol. The van der Waals surface area contributed by atoms with Crippen LogP contribution in [0.15, 0.2) is 11.8 Å². The Bertz CT molecular complexity index is 402. The Morgan fingerprint density at radius 3 is 2.43 bits per heavy atom. The third-order valence-electron chi connectivity index (χ3n) is 3.12. The number of nitrogens with one attached hydrogen (secondary N) is 2. The van der Waals surface area contributed by atoms with E-state index < -0.39 is 37.1 Å². The highest BCUT2D eigenvalue weighted by Gasteiger charge is 2.44. The Labute approximate surface area is 122 Å². The van der Waals surface area contributed by atoms with Gasteiger partial charge in [0.2, 0.25) is 12.3 Å². The zero-order chi connectivity index (χ0) is 16.0. The fourth-order valence-corrected chi connectivity index (χ4v) is 2.01. The summed E-state index contributed by atoms with van der Waals surface area (Å²) in [6, 6.07) is 0. The topological polar surface area (TPSA) is 131 Å². The molecule has 1 aliphatic rings. The van der Waals surface area contributed by atoms with Crippen molar-refractivity contribution in [2.75, 3.05) is 27.2 Å². The molecule has 1 heterocycles. The molecule has 1 saturated heterocycles. The lowest BCUT2D eigenvalue weighted by Crippen LogP contribution is -2.42. The molecule has 0 spiro atoms. The van der Waals surface area contributed by atoms with E-state index in [0.717, 1.165) is 4.90 Å². The minimum absolute atomic E-state index is 0.193. The normalized spacial score (nSPS) is 29.3. The van der Waals surface area contributed by atoms with Crippen molar-refractivity contribution in [2.45, 2.75) is 24.5 Å². The third kappa shape index (κ3) is 3.99. The molecule has 0 aromatic carbocycles. The number of hydrogen-bond donors (Lipinski definition) is 5. The smallest absolute Gasteiger partial charge is 0.249 e. The van der Waals surface area contributed by atoms with Crippen LogP contribution in [0.4, 0.5) is 0 Å². The van der Waals surface area contributed by atoms with Crippen molar-refractivity contribution in [1.82, 2.24) is 15.5 Å². The van der Waals surface area contributed by atoms with E-state index in [2.05, 4.69) is 10.6 Å². The maximum Gasteiger partial charge on any atom is 0.249 e. The first-order valence-corrected chi connectivity index (χ1v) is 6.42. The van der Waals surface area contributed by atoms with Crippen LogP contribution in [-0.2, 0) is 14.3 Å². The molecule has 0 radical (unpaired) electrons. The monoisotopic (exact) mass is 303 g/mol. The Morgan fingerprint density at radius 2 is 2.00 bits per heavy atom. The maximum atomic E-state index is 11.7. The Hall–Kier alpha value is -1.52. The quantitative estimate of drug-likeness (QED) is 0.246. The van der Waals surface area contributed by atoms with E-state index >= 15 is 0 Å². The first-order valence-electron chi connectivity index (χ1n) is 6.42. The van der Waals surface area contributed by atoms with Crippen molar-refractivity contribution in [3.05, 3.63) is 11.8 Å². The van der Waals surface area contributed by atoms with Crippen molar-refractivity contribution >= 4 is 12.3 Å². The molecule has 0 aromatic rings. The zero-order valence-electron chi connectivity index (χ0n) is 11.9. The van der Waals surface area contributed by atoms with Gasteiger partial charge in [0.05, 0.1) is 6.61 Å². The van der Waals surface area contributed by atoms with Crippen LogP contribution in [0, 0.1) is 0 Å². The number of carbonyl (C=O) groups is 2. The lowest BCUT2D eigenvalue weighted by Gasteiger charge is -2.24.